The second-order valence-electron chi connectivity index (χ2n) is 4.89. The third-order valence-electron chi connectivity index (χ3n) is 3.82. The van der Waals surface area contributed by atoms with E-state index in [9.17, 15) is 0 Å². The molecule has 1 N–H and O–H groups in total. The lowest BCUT2D eigenvalue weighted by Gasteiger charge is -2.10. The minimum atomic E-state index is 0.456. The van der Waals surface area contributed by atoms with Crippen molar-refractivity contribution in [1.29, 1.82) is 0 Å². The Kier molecular flexibility index (Phi) is 2.38. The van der Waals surface area contributed by atoms with E-state index in [1.54, 1.807) is 6.07 Å². The van der Waals surface area contributed by atoms with Crippen LogP contribution in [-0.2, 0) is 0 Å². The van der Waals surface area contributed by atoms with E-state index in [2.05, 4.69) is 35.2 Å². The Morgan fingerprint density at radius 3 is 1.50 bits per heavy atom. The van der Waals surface area contributed by atoms with Crippen LogP contribution in [0.2, 0.25) is 0 Å². The van der Waals surface area contributed by atoms with Gasteiger partial charge < -0.3 is 4.89 Å². The molecule has 0 bridgehead atoms. The minimum absolute atomic E-state index is 0.456. The van der Waals surface area contributed by atoms with Crippen molar-refractivity contribution in [3.05, 3.63) is 66.7 Å². The topological polar surface area (TPSA) is 29.5 Å². The van der Waals surface area contributed by atoms with Crippen molar-refractivity contribution in [2.75, 3.05) is 0 Å². The van der Waals surface area contributed by atoms with Crippen LogP contribution >= 0.6 is 0 Å². The minimum Gasteiger partial charge on any atom is -0.340 e. The zero-order valence-corrected chi connectivity index (χ0v) is 10.7. The zero-order chi connectivity index (χ0) is 13.5. The molecule has 0 spiro atoms. The van der Waals surface area contributed by atoms with Gasteiger partial charge in [-0.05, 0) is 50.5 Å². The molecular formula is C18H12O2. The summed E-state index contributed by atoms with van der Waals surface area (Å²) in [6, 6.07) is 22.4. The van der Waals surface area contributed by atoms with Gasteiger partial charge in [0.05, 0.1) is 0 Å². The fourth-order valence-corrected chi connectivity index (χ4v) is 2.94. The van der Waals surface area contributed by atoms with Crippen molar-refractivity contribution in [3.63, 3.8) is 0 Å². The first-order valence-corrected chi connectivity index (χ1v) is 6.53. The molecule has 0 aliphatic heterocycles. The Morgan fingerprint density at radius 2 is 1.00 bits per heavy atom. The highest BCUT2D eigenvalue weighted by molar-refractivity contribution is 6.25. The summed E-state index contributed by atoms with van der Waals surface area (Å²) in [4.78, 5) is 4.38. The number of benzene rings is 4. The summed E-state index contributed by atoms with van der Waals surface area (Å²) in [6.07, 6.45) is 0. The van der Waals surface area contributed by atoms with Gasteiger partial charge in [0.25, 0.3) is 0 Å². The molecular weight excluding hydrogens is 248 g/mol. The molecule has 0 fully saturated rings. The maximum Gasteiger partial charge on any atom is 0.165 e. The number of rotatable bonds is 1. The van der Waals surface area contributed by atoms with Gasteiger partial charge in [-0.1, -0.05) is 48.5 Å². The van der Waals surface area contributed by atoms with E-state index in [-0.39, 0.29) is 0 Å². The van der Waals surface area contributed by atoms with Crippen LogP contribution in [0.4, 0.5) is 0 Å². The Balaban J connectivity index is 2.35. The summed E-state index contributed by atoms with van der Waals surface area (Å²) < 4.78 is 0. The average molecular weight is 260 g/mol. The monoisotopic (exact) mass is 260 g/mol. The van der Waals surface area contributed by atoms with Gasteiger partial charge >= 0.3 is 0 Å². The van der Waals surface area contributed by atoms with Gasteiger partial charge in [-0.15, -0.1) is 0 Å². The molecule has 4 aromatic carbocycles. The molecule has 96 valence electrons. The van der Waals surface area contributed by atoms with Gasteiger partial charge in [-0.3, -0.25) is 0 Å². The Bertz CT molecular complexity index is 906. The highest BCUT2D eigenvalue weighted by Crippen LogP contribution is 2.36. The SMILES string of the molecule is OOc1ccc2c3ccccc3c3ccccc3c2c1. The molecule has 0 radical (unpaired) electrons. The quantitative estimate of drug-likeness (QED) is 0.296. The summed E-state index contributed by atoms with van der Waals surface area (Å²) in [5.41, 5.74) is 0. The summed E-state index contributed by atoms with van der Waals surface area (Å²) in [7, 11) is 0. The van der Waals surface area contributed by atoms with Gasteiger partial charge in [-0.2, -0.15) is 0 Å². The highest BCUT2D eigenvalue weighted by Gasteiger charge is 2.08. The standard InChI is InChI=1S/C18H12O2/c19-20-12-9-10-17-15-7-2-1-5-13(15)14-6-3-4-8-16(14)18(17)11-12/h1-11,19H. The van der Waals surface area contributed by atoms with Gasteiger partial charge in [0.15, 0.2) is 5.75 Å². The molecule has 0 saturated heterocycles. The lowest BCUT2D eigenvalue weighted by atomic mass is 9.94. The molecule has 0 atom stereocenters. The second kappa shape index (κ2) is 4.22. The summed E-state index contributed by atoms with van der Waals surface area (Å²) in [5.74, 6) is 0.456. The maximum atomic E-state index is 8.88. The molecule has 2 nitrogen and oxygen atoms in total. The predicted octanol–water partition coefficient (Wildman–Crippen LogP) is 5.00. The Morgan fingerprint density at radius 1 is 0.550 bits per heavy atom. The summed E-state index contributed by atoms with van der Waals surface area (Å²) in [5, 5.41) is 16.0. The van der Waals surface area contributed by atoms with Crippen molar-refractivity contribution in [2.45, 2.75) is 0 Å². The molecule has 4 aromatic rings. The molecule has 0 amide bonds. The zero-order valence-electron chi connectivity index (χ0n) is 10.7. The van der Waals surface area contributed by atoms with Gasteiger partial charge in [0.2, 0.25) is 0 Å². The van der Waals surface area contributed by atoms with Crippen LogP contribution in [0.5, 0.6) is 5.75 Å². The molecule has 0 aromatic heterocycles. The van der Waals surface area contributed by atoms with Crippen LogP contribution in [0.25, 0.3) is 32.3 Å². The van der Waals surface area contributed by atoms with Crippen molar-refractivity contribution >= 4 is 32.3 Å². The lowest BCUT2D eigenvalue weighted by Crippen LogP contribution is -1.86. The van der Waals surface area contributed by atoms with E-state index >= 15 is 0 Å². The molecule has 0 unspecified atom stereocenters. The fourth-order valence-electron chi connectivity index (χ4n) is 2.94. The first-order chi connectivity index (χ1) is 9.88. The van der Waals surface area contributed by atoms with E-state index in [0.717, 1.165) is 5.39 Å². The van der Waals surface area contributed by atoms with Crippen LogP contribution in [0.1, 0.15) is 0 Å². The molecule has 0 aliphatic carbocycles. The van der Waals surface area contributed by atoms with Crippen LogP contribution in [0.3, 0.4) is 0 Å². The normalized spacial score (nSPS) is 11.2. The van der Waals surface area contributed by atoms with Crippen LogP contribution in [0.15, 0.2) is 66.7 Å². The maximum absolute atomic E-state index is 8.88. The molecule has 0 saturated carbocycles. The van der Waals surface area contributed by atoms with Gasteiger partial charge in [0.1, 0.15) is 0 Å². The number of fused-ring (bicyclic) bond motifs is 6. The average Bonchev–Trinajstić information content (AvgIpc) is 2.54. The van der Waals surface area contributed by atoms with Crippen molar-refractivity contribution in [2.24, 2.45) is 0 Å². The lowest BCUT2D eigenvalue weighted by molar-refractivity contribution is -0.137. The molecule has 4 rings (SSSR count). The van der Waals surface area contributed by atoms with Crippen molar-refractivity contribution in [3.8, 4) is 5.75 Å². The molecule has 2 heteroatoms. The molecule has 20 heavy (non-hydrogen) atoms. The molecule has 0 aliphatic rings. The van der Waals surface area contributed by atoms with E-state index in [0.29, 0.717) is 5.75 Å². The van der Waals surface area contributed by atoms with Crippen LogP contribution < -0.4 is 4.89 Å². The van der Waals surface area contributed by atoms with E-state index in [4.69, 9.17) is 5.26 Å². The predicted molar refractivity (Wildman–Crippen MR) is 82.2 cm³/mol. The van der Waals surface area contributed by atoms with E-state index in [1.807, 2.05) is 30.3 Å². The van der Waals surface area contributed by atoms with Gasteiger partial charge in [-0.25, -0.2) is 5.26 Å². The third-order valence-corrected chi connectivity index (χ3v) is 3.82. The third kappa shape index (κ3) is 1.49. The van der Waals surface area contributed by atoms with Crippen molar-refractivity contribution in [1.82, 2.24) is 0 Å². The molecule has 0 heterocycles. The van der Waals surface area contributed by atoms with Crippen molar-refractivity contribution < 1.29 is 10.1 Å². The second-order valence-corrected chi connectivity index (χ2v) is 4.89. The highest BCUT2D eigenvalue weighted by atomic mass is 17.1. The van der Waals surface area contributed by atoms with E-state index < -0.39 is 0 Å². The van der Waals surface area contributed by atoms with Crippen LogP contribution in [0, 0.1) is 0 Å². The summed E-state index contributed by atoms with van der Waals surface area (Å²) in [6.45, 7) is 0. The van der Waals surface area contributed by atoms with Crippen LogP contribution in [-0.4, -0.2) is 5.26 Å². The first-order valence-electron chi connectivity index (χ1n) is 6.53. The van der Waals surface area contributed by atoms with Gasteiger partial charge in [0, 0.05) is 0 Å². The largest absolute Gasteiger partial charge is 0.340 e. The van der Waals surface area contributed by atoms with E-state index in [1.165, 1.54) is 26.9 Å². The summed E-state index contributed by atoms with van der Waals surface area (Å²) >= 11 is 0. The first kappa shape index (κ1) is 11.3. The smallest absolute Gasteiger partial charge is 0.165 e. The number of hydrogen-bond acceptors (Lipinski definition) is 2. The fraction of sp³-hybridized carbons (Fsp3) is 0. The Labute approximate surface area is 115 Å². The Hall–Kier alpha value is -2.58. The number of hydrogen-bond donors (Lipinski definition) is 1.